The van der Waals surface area contributed by atoms with Gasteiger partial charge in [-0.25, -0.2) is 9.07 Å². The number of carbonyl (C=O) groups is 1. The van der Waals surface area contributed by atoms with E-state index in [4.69, 9.17) is 0 Å². The number of H-pyrrole nitrogens is 1. The van der Waals surface area contributed by atoms with E-state index < -0.39 is 0 Å². The second-order valence-corrected chi connectivity index (χ2v) is 7.63. The lowest BCUT2D eigenvalue weighted by atomic mass is 9.98. The van der Waals surface area contributed by atoms with Gasteiger partial charge in [0.05, 0.1) is 11.9 Å². The van der Waals surface area contributed by atoms with Crippen LogP contribution < -0.4 is 0 Å². The predicted molar refractivity (Wildman–Crippen MR) is 115 cm³/mol. The molecule has 0 unspecified atom stereocenters. The maximum absolute atomic E-state index is 13.4. The smallest absolute Gasteiger partial charge is 0.254 e. The van der Waals surface area contributed by atoms with E-state index in [1.54, 1.807) is 16.9 Å². The number of aryl methyl sites for hydroxylation is 1. The number of nitrogens with zero attached hydrogens (tertiary/aromatic N) is 3. The number of carbonyl (C=O) groups excluding carboxylic acids is 1. The first kappa shape index (κ1) is 18.4. The highest BCUT2D eigenvalue weighted by molar-refractivity contribution is 5.96. The van der Waals surface area contributed by atoms with Gasteiger partial charge in [0.25, 0.3) is 5.91 Å². The summed E-state index contributed by atoms with van der Waals surface area (Å²) in [6, 6.07) is 12.3. The Morgan fingerprint density at radius 1 is 1.17 bits per heavy atom. The highest BCUT2D eigenvalue weighted by Crippen LogP contribution is 2.30. The summed E-state index contributed by atoms with van der Waals surface area (Å²) in [6.45, 7) is 3.20. The topological polar surface area (TPSA) is 53.9 Å². The van der Waals surface area contributed by atoms with Crippen LogP contribution in [0.4, 0.5) is 4.39 Å². The van der Waals surface area contributed by atoms with Crippen LogP contribution in [0.5, 0.6) is 0 Å². The van der Waals surface area contributed by atoms with Gasteiger partial charge < -0.3 is 9.88 Å². The summed E-state index contributed by atoms with van der Waals surface area (Å²) in [5.41, 5.74) is 5.74. The second kappa shape index (κ2) is 7.30. The number of aromatic amines is 1. The molecule has 0 radical (unpaired) electrons. The van der Waals surface area contributed by atoms with Crippen molar-refractivity contribution >= 4 is 22.4 Å². The summed E-state index contributed by atoms with van der Waals surface area (Å²) < 4.78 is 15.2. The van der Waals surface area contributed by atoms with Crippen molar-refractivity contribution in [1.82, 2.24) is 19.7 Å². The molecular formula is C24H21FN4O. The molecule has 5 rings (SSSR count). The van der Waals surface area contributed by atoms with Crippen LogP contribution in [0.2, 0.25) is 0 Å². The van der Waals surface area contributed by atoms with Crippen molar-refractivity contribution in [2.45, 2.75) is 13.3 Å². The van der Waals surface area contributed by atoms with E-state index in [0.29, 0.717) is 18.7 Å². The normalized spacial score (nSPS) is 14.2. The molecular weight excluding hydrogens is 379 g/mol. The first-order valence-corrected chi connectivity index (χ1v) is 9.95. The number of hydrogen-bond donors (Lipinski definition) is 1. The standard InChI is InChI=1S/C24H21FN4O/c1-16-13-27-29(15-16)20-5-2-18(3-6-20)24(30)28-10-8-17(9-11-28)22-14-26-23-12-19(25)4-7-21(22)23/h2-8,12-15,26H,9-11H2,1H3. The monoisotopic (exact) mass is 400 g/mol. The molecule has 1 aliphatic rings. The lowest BCUT2D eigenvalue weighted by Gasteiger charge is -2.26. The molecule has 1 amide bonds. The van der Waals surface area contributed by atoms with Crippen molar-refractivity contribution in [2.24, 2.45) is 0 Å². The fraction of sp³-hybridized carbons (Fsp3) is 0.167. The van der Waals surface area contributed by atoms with Gasteiger partial charge in [-0.1, -0.05) is 6.08 Å². The maximum Gasteiger partial charge on any atom is 0.254 e. The van der Waals surface area contributed by atoms with Crippen molar-refractivity contribution in [3.8, 4) is 5.69 Å². The molecule has 150 valence electrons. The summed E-state index contributed by atoms with van der Waals surface area (Å²) in [6.07, 6.45) is 8.53. The van der Waals surface area contributed by atoms with Crippen molar-refractivity contribution in [1.29, 1.82) is 0 Å². The van der Waals surface area contributed by atoms with E-state index in [0.717, 1.165) is 34.1 Å². The second-order valence-electron chi connectivity index (χ2n) is 7.63. The lowest BCUT2D eigenvalue weighted by Crippen LogP contribution is -2.34. The lowest BCUT2D eigenvalue weighted by molar-refractivity contribution is 0.0773. The van der Waals surface area contributed by atoms with Crippen LogP contribution in [0.25, 0.3) is 22.2 Å². The zero-order chi connectivity index (χ0) is 20.7. The van der Waals surface area contributed by atoms with Gasteiger partial charge in [-0.3, -0.25) is 4.79 Å². The van der Waals surface area contributed by atoms with Crippen LogP contribution in [-0.4, -0.2) is 38.7 Å². The fourth-order valence-corrected chi connectivity index (χ4v) is 3.96. The zero-order valence-corrected chi connectivity index (χ0v) is 16.6. The van der Waals surface area contributed by atoms with Crippen LogP contribution in [0, 0.1) is 12.7 Å². The minimum atomic E-state index is -0.251. The Bertz CT molecular complexity index is 1270. The Balaban J connectivity index is 1.32. The van der Waals surface area contributed by atoms with Crippen LogP contribution >= 0.6 is 0 Å². The molecule has 30 heavy (non-hydrogen) atoms. The van der Waals surface area contributed by atoms with Gasteiger partial charge in [-0.2, -0.15) is 5.10 Å². The Morgan fingerprint density at radius 2 is 2.00 bits per heavy atom. The van der Waals surface area contributed by atoms with Gasteiger partial charge in [-0.15, -0.1) is 0 Å². The SMILES string of the molecule is Cc1cnn(-c2ccc(C(=O)N3CC=C(c4c[nH]c5cc(F)ccc45)CC3)cc2)c1. The van der Waals surface area contributed by atoms with Gasteiger partial charge in [0.2, 0.25) is 0 Å². The molecule has 4 aromatic rings. The van der Waals surface area contributed by atoms with Crippen LogP contribution in [-0.2, 0) is 0 Å². The number of amides is 1. The van der Waals surface area contributed by atoms with Crippen molar-refractivity contribution in [3.63, 3.8) is 0 Å². The molecule has 5 nitrogen and oxygen atoms in total. The highest BCUT2D eigenvalue weighted by atomic mass is 19.1. The summed E-state index contributed by atoms with van der Waals surface area (Å²) in [5.74, 6) is -0.228. The van der Waals surface area contributed by atoms with Crippen LogP contribution in [0.1, 0.15) is 27.9 Å². The molecule has 6 heteroatoms. The number of rotatable bonds is 3. The van der Waals surface area contributed by atoms with E-state index in [1.165, 1.54) is 17.7 Å². The number of fused-ring (bicyclic) bond motifs is 1. The van der Waals surface area contributed by atoms with Gasteiger partial charge in [0.1, 0.15) is 5.82 Å². The fourth-order valence-electron chi connectivity index (χ4n) is 3.96. The number of benzene rings is 2. The molecule has 0 saturated heterocycles. The minimum absolute atomic E-state index is 0.0227. The molecule has 0 aliphatic carbocycles. The molecule has 3 heterocycles. The van der Waals surface area contributed by atoms with Gasteiger partial charge in [-0.05, 0) is 66.9 Å². The van der Waals surface area contributed by atoms with E-state index in [9.17, 15) is 9.18 Å². The minimum Gasteiger partial charge on any atom is -0.360 e. The average molecular weight is 400 g/mol. The summed E-state index contributed by atoms with van der Waals surface area (Å²) in [4.78, 5) is 17.9. The van der Waals surface area contributed by atoms with Crippen molar-refractivity contribution in [2.75, 3.05) is 13.1 Å². The highest BCUT2D eigenvalue weighted by Gasteiger charge is 2.20. The third-order valence-electron chi connectivity index (χ3n) is 5.58. The van der Waals surface area contributed by atoms with Crippen molar-refractivity contribution in [3.05, 3.63) is 89.6 Å². The molecule has 0 saturated carbocycles. The Labute approximate surface area is 173 Å². The van der Waals surface area contributed by atoms with Gasteiger partial charge in [0.15, 0.2) is 0 Å². The number of aromatic nitrogens is 3. The third kappa shape index (κ3) is 3.30. The summed E-state index contributed by atoms with van der Waals surface area (Å²) >= 11 is 0. The predicted octanol–water partition coefficient (Wildman–Crippen LogP) is 4.73. The summed E-state index contributed by atoms with van der Waals surface area (Å²) in [7, 11) is 0. The molecule has 0 atom stereocenters. The number of nitrogens with one attached hydrogen (secondary N) is 1. The molecule has 2 aromatic carbocycles. The van der Waals surface area contributed by atoms with E-state index >= 15 is 0 Å². The number of hydrogen-bond acceptors (Lipinski definition) is 2. The zero-order valence-electron chi connectivity index (χ0n) is 16.6. The van der Waals surface area contributed by atoms with Crippen molar-refractivity contribution < 1.29 is 9.18 Å². The molecule has 1 N–H and O–H groups in total. The first-order chi connectivity index (χ1) is 14.6. The quantitative estimate of drug-likeness (QED) is 0.541. The molecule has 2 aromatic heterocycles. The van der Waals surface area contributed by atoms with Gasteiger partial charge in [0, 0.05) is 47.5 Å². The average Bonchev–Trinajstić information content (AvgIpc) is 3.39. The first-order valence-electron chi connectivity index (χ1n) is 9.95. The van der Waals surface area contributed by atoms with E-state index in [-0.39, 0.29) is 11.7 Å². The van der Waals surface area contributed by atoms with Crippen LogP contribution in [0.15, 0.2) is 67.1 Å². The van der Waals surface area contributed by atoms with E-state index in [1.807, 2.05) is 48.5 Å². The Hall–Kier alpha value is -3.67. The number of halogens is 1. The molecule has 0 fully saturated rings. The third-order valence-corrected chi connectivity index (χ3v) is 5.58. The molecule has 1 aliphatic heterocycles. The van der Waals surface area contributed by atoms with Gasteiger partial charge >= 0.3 is 0 Å². The Kier molecular flexibility index (Phi) is 4.47. The van der Waals surface area contributed by atoms with E-state index in [2.05, 4.69) is 16.2 Å². The largest absolute Gasteiger partial charge is 0.360 e. The Morgan fingerprint density at radius 3 is 2.70 bits per heavy atom. The maximum atomic E-state index is 13.4. The molecule has 0 spiro atoms. The molecule has 0 bridgehead atoms. The van der Waals surface area contributed by atoms with Crippen LogP contribution in [0.3, 0.4) is 0 Å². The summed E-state index contributed by atoms with van der Waals surface area (Å²) in [5, 5.41) is 5.31.